The van der Waals surface area contributed by atoms with E-state index in [4.69, 9.17) is 0 Å². The Morgan fingerprint density at radius 1 is 1.08 bits per heavy atom. The molecule has 0 aromatic heterocycles. The average molecular weight is 409 g/mol. The van der Waals surface area contributed by atoms with Gasteiger partial charge in [-0.15, -0.1) is 0 Å². The molecule has 0 N–H and O–H groups in total. The number of hydrogen-bond acceptors (Lipinski definition) is 4. The zero-order valence-corrected chi connectivity index (χ0v) is 16.3. The Labute approximate surface area is 152 Å². The van der Waals surface area contributed by atoms with E-state index in [1.54, 1.807) is 6.07 Å². The van der Waals surface area contributed by atoms with Gasteiger partial charge in [-0.3, -0.25) is 4.79 Å². The maximum Gasteiger partial charge on any atom is 0.350 e. The van der Waals surface area contributed by atoms with Crippen molar-refractivity contribution in [2.24, 2.45) is 3.77 Å². The number of aryl methyl sites for hydroxylation is 1. The van der Waals surface area contributed by atoms with Gasteiger partial charge < -0.3 is 4.90 Å². The smallest absolute Gasteiger partial charge is 0.335 e. The number of halogens is 2. The molecule has 1 saturated heterocycles. The van der Waals surface area contributed by atoms with Crippen LogP contribution in [0.15, 0.2) is 28.0 Å². The molecule has 0 atom stereocenters. The first-order valence-corrected chi connectivity index (χ1v) is 11.5. The van der Waals surface area contributed by atoms with Crippen LogP contribution in [0.5, 0.6) is 0 Å². The normalized spacial score (nSPS) is 17.2. The second-order valence-electron chi connectivity index (χ2n) is 6.31. The Kier molecular flexibility index (Phi) is 5.74. The standard InChI is InChI=1S/C15H21F2N3O4S2/c1-12-6-4-5-7-13(12)15(16,17)14(21)19-8-10-20(11-9-19)26(23,24)18-25(2,3)22/h4-7H,8-11H2,1-3H3. The third kappa shape index (κ3) is 4.57. The van der Waals surface area contributed by atoms with Gasteiger partial charge in [0.2, 0.25) is 0 Å². The van der Waals surface area contributed by atoms with E-state index in [0.717, 1.165) is 9.21 Å². The van der Waals surface area contributed by atoms with Crippen LogP contribution < -0.4 is 0 Å². The van der Waals surface area contributed by atoms with Crippen molar-refractivity contribution in [3.05, 3.63) is 35.4 Å². The molecule has 146 valence electrons. The summed E-state index contributed by atoms with van der Waals surface area (Å²) in [5.74, 6) is -5.06. The highest BCUT2D eigenvalue weighted by Crippen LogP contribution is 2.33. The third-order valence-electron chi connectivity index (χ3n) is 3.88. The van der Waals surface area contributed by atoms with Crippen molar-refractivity contribution in [3.63, 3.8) is 0 Å². The molecule has 0 aliphatic carbocycles. The summed E-state index contributed by atoms with van der Waals surface area (Å²) in [5.41, 5.74) is -0.0710. The lowest BCUT2D eigenvalue weighted by molar-refractivity contribution is -0.160. The molecule has 2 rings (SSSR count). The van der Waals surface area contributed by atoms with Gasteiger partial charge in [0.1, 0.15) is 0 Å². The van der Waals surface area contributed by atoms with Crippen molar-refractivity contribution in [1.29, 1.82) is 0 Å². The summed E-state index contributed by atoms with van der Waals surface area (Å²) in [6.07, 6.45) is 2.38. The number of nitrogens with zero attached hydrogens (tertiary/aromatic N) is 3. The van der Waals surface area contributed by atoms with Gasteiger partial charge in [-0.25, -0.2) is 4.21 Å². The molecular weight excluding hydrogens is 388 g/mol. The molecule has 26 heavy (non-hydrogen) atoms. The van der Waals surface area contributed by atoms with E-state index in [9.17, 15) is 26.2 Å². The molecule has 11 heteroatoms. The molecule has 1 aliphatic heterocycles. The van der Waals surface area contributed by atoms with Crippen molar-refractivity contribution < 1.29 is 26.2 Å². The molecule has 0 saturated carbocycles. The fourth-order valence-corrected chi connectivity index (χ4v) is 5.45. The second-order valence-corrected chi connectivity index (χ2v) is 10.7. The fourth-order valence-electron chi connectivity index (χ4n) is 2.63. The SMILES string of the molecule is Cc1ccccc1C(F)(F)C(=O)N1CCN(S(=O)(=O)N=S(C)(C)=O)CC1. The van der Waals surface area contributed by atoms with E-state index >= 15 is 0 Å². The molecule has 1 fully saturated rings. The molecule has 0 radical (unpaired) electrons. The fraction of sp³-hybridized carbons (Fsp3) is 0.533. The zero-order valence-electron chi connectivity index (χ0n) is 14.7. The second kappa shape index (κ2) is 7.20. The van der Waals surface area contributed by atoms with Crippen molar-refractivity contribution in [1.82, 2.24) is 9.21 Å². The summed E-state index contributed by atoms with van der Waals surface area (Å²) >= 11 is 0. The number of carbonyl (C=O) groups excluding carboxylic acids is 1. The van der Waals surface area contributed by atoms with Gasteiger partial charge >= 0.3 is 16.1 Å². The van der Waals surface area contributed by atoms with Crippen LogP contribution in [0.25, 0.3) is 0 Å². The number of carbonyl (C=O) groups is 1. The van der Waals surface area contributed by atoms with Gasteiger partial charge in [-0.1, -0.05) is 28.0 Å². The number of rotatable bonds is 4. The van der Waals surface area contributed by atoms with Gasteiger partial charge in [0.25, 0.3) is 5.91 Å². The summed E-state index contributed by atoms with van der Waals surface area (Å²) in [6.45, 7) is 0.747. The minimum absolute atomic E-state index is 0.184. The molecule has 0 spiro atoms. The molecule has 1 aromatic rings. The van der Waals surface area contributed by atoms with E-state index in [-0.39, 0.29) is 31.7 Å². The Balaban J connectivity index is 2.14. The average Bonchev–Trinajstić information content (AvgIpc) is 2.52. The maximum absolute atomic E-state index is 14.6. The van der Waals surface area contributed by atoms with Gasteiger partial charge in [0.15, 0.2) is 0 Å². The van der Waals surface area contributed by atoms with Crippen LogP contribution in [0, 0.1) is 6.92 Å². The molecule has 1 amide bonds. The highest BCUT2D eigenvalue weighted by molar-refractivity contribution is 8.01. The lowest BCUT2D eigenvalue weighted by Crippen LogP contribution is -2.53. The Hall–Kier alpha value is -1.59. The first-order valence-electron chi connectivity index (χ1n) is 7.76. The van der Waals surface area contributed by atoms with E-state index < -0.39 is 31.8 Å². The van der Waals surface area contributed by atoms with Gasteiger partial charge in [-0.2, -0.15) is 21.5 Å². The quantitative estimate of drug-likeness (QED) is 0.748. The lowest BCUT2D eigenvalue weighted by Gasteiger charge is -2.34. The molecule has 0 unspecified atom stereocenters. The van der Waals surface area contributed by atoms with E-state index in [1.165, 1.54) is 37.6 Å². The van der Waals surface area contributed by atoms with E-state index in [1.807, 2.05) is 0 Å². The highest BCUT2D eigenvalue weighted by Gasteiger charge is 2.45. The molecular formula is C15H21F2N3O4S2. The van der Waals surface area contributed by atoms with Crippen LogP contribution in [-0.2, 0) is 30.7 Å². The monoisotopic (exact) mass is 409 g/mol. The summed E-state index contributed by atoms with van der Waals surface area (Å²) < 4.78 is 69.1. The first kappa shape index (κ1) is 20.7. The van der Waals surface area contributed by atoms with Crippen molar-refractivity contribution in [2.75, 3.05) is 38.7 Å². The van der Waals surface area contributed by atoms with Crippen LogP contribution in [0.4, 0.5) is 8.78 Å². The predicted molar refractivity (Wildman–Crippen MR) is 94.6 cm³/mol. The summed E-state index contributed by atoms with van der Waals surface area (Å²) in [6, 6.07) is 5.73. The minimum atomic E-state index is -4.13. The summed E-state index contributed by atoms with van der Waals surface area (Å²) in [5, 5.41) is 0. The Morgan fingerprint density at radius 3 is 2.12 bits per heavy atom. The van der Waals surface area contributed by atoms with Crippen LogP contribution in [0.2, 0.25) is 0 Å². The largest absolute Gasteiger partial charge is 0.350 e. The summed E-state index contributed by atoms with van der Waals surface area (Å²) in [7, 11) is -7.01. The van der Waals surface area contributed by atoms with E-state index in [2.05, 4.69) is 3.77 Å². The third-order valence-corrected chi connectivity index (χ3v) is 7.09. The molecule has 1 aliphatic rings. The lowest BCUT2D eigenvalue weighted by atomic mass is 10.0. The van der Waals surface area contributed by atoms with Crippen LogP contribution >= 0.6 is 0 Å². The topological polar surface area (TPSA) is 87.1 Å². The van der Waals surface area contributed by atoms with Gasteiger partial charge in [0.05, 0.1) is 9.73 Å². The Bertz CT molecular complexity index is 909. The van der Waals surface area contributed by atoms with Crippen LogP contribution in [-0.4, -0.2) is 66.4 Å². The molecule has 1 aromatic carbocycles. The van der Waals surface area contributed by atoms with Gasteiger partial charge in [-0.05, 0) is 12.5 Å². The zero-order chi connectivity index (χ0) is 19.8. The van der Waals surface area contributed by atoms with Crippen LogP contribution in [0.1, 0.15) is 11.1 Å². The first-order chi connectivity index (χ1) is 11.8. The highest BCUT2D eigenvalue weighted by atomic mass is 32.3. The minimum Gasteiger partial charge on any atom is -0.335 e. The number of hydrogen-bond donors (Lipinski definition) is 0. The Morgan fingerprint density at radius 2 is 1.62 bits per heavy atom. The van der Waals surface area contributed by atoms with Crippen molar-refractivity contribution in [3.8, 4) is 0 Å². The summed E-state index contributed by atoms with van der Waals surface area (Å²) in [4.78, 5) is 13.2. The van der Waals surface area contributed by atoms with Crippen LogP contribution in [0.3, 0.4) is 0 Å². The molecule has 1 heterocycles. The maximum atomic E-state index is 14.6. The number of amides is 1. The number of benzene rings is 1. The number of alkyl halides is 2. The van der Waals surface area contributed by atoms with Crippen molar-refractivity contribution in [2.45, 2.75) is 12.8 Å². The molecule has 7 nitrogen and oxygen atoms in total. The van der Waals surface area contributed by atoms with Crippen molar-refractivity contribution >= 4 is 25.8 Å². The molecule has 0 bridgehead atoms. The van der Waals surface area contributed by atoms with E-state index in [0.29, 0.717) is 5.56 Å². The predicted octanol–water partition coefficient (Wildman–Crippen LogP) is 1.20. The van der Waals surface area contributed by atoms with Gasteiger partial charge in [0, 0.05) is 44.3 Å². The number of piperazine rings is 1.